The lowest BCUT2D eigenvalue weighted by atomic mass is 10.2. The van der Waals surface area contributed by atoms with Gasteiger partial charge in [-0.05, 0) is 26.7 Å². The fraction of sp³-hybridized carbons (Fsp3) is 0.643. The smallest absolute Gasteiger partial charge is 0.238 e. The lowest BCUT2D eigenvalue weighted by molar-refractivity contribution is -0.128. The molecule has 9 heteroatoms. The number of nitrogens with one attached hydrogen (secondary N) is 1. The number of nitrogens with two attached hydrogens (primary N) is 1. The monoisotopic (exact) mass is 362 g/mol. The largest absolute Gasteiger partial charge is 0.360 e. The Bertz CT molecular complexity index is 540. The number of likely N-dealkylation sites (tertiary alicyclic amines) is 1. The van der Waals surface area contributed by atoms with E-state index in [4.69, 9.17) is 10.3 Å². The maximum absolute atomic E-state index is 12.2. The molecule has 0 aliphatic carbocycles. The minimum Gasteiger partial charge on any atom is -0.360 e. The maximum atomic E-state index is 12.2. The number of amides is 2. The summed E-state index contributed by atoms with van der Waals surface area (Å²) in [5.41, 5.74) is 5.67. The van der Waals surface area contributed by atoms with E-state index in [9.17, 15) is 9.59 Å². The Morgan fingerprint density at radius 2 is 2.35 bits per heavy atom. The number of carbonyl (C=O) groups is 2. The third-order valence-corrected chi connectivity index (χ3v) is 4.80. The van der Waals surface area contributed by atoms with Gasteiger partial charge in [-0.25, -0.2) is 0 Å². The molecule has 2 rings (SSSR count). The molecule has 1 aromatic rings. The van der Waals surface area contributed by atoms with Crippen LogP contribution in [0.15, 0.2) is 10.6 Å². The summed E-state index contributed by atoms with van der Waals surface area (Å²) in [4.78, 5) is 26.0. The maximum Gasteiger partial charge on any atom is 0.238 e. The zero-order valence-corrected chi connectivity index (χ0v) is 14.9. The molecule has 1 aromatic heterocycles. The molecule has 0 spiro atoms. The fourth-order valence-corrected chi connectivity index (χ4v) is 3.19. The van der Waals surface area contributed by atoms with Gasteiger partial charge in [-0.3, -0.25) is 9.59 Å². The Balaban J connectivity index is 0.00000264. The summed E-state index contributed by atoms with van der Waals surface area (Å²) in [6.45, 7) is 4.78. The summed E-state index contributed by atoms with van der Waals surface area (Å²) < 4.78 is 4.89. The van der Waals surface area contributed by atoms with Crippen molar-refractivity contribution in [1.82, 2.24) is 10.1 Å². The van der Waals surface area contributed by atoms with Crippen LogP contribution in [-0.4, -0.2) is 52.0 Å². The second-order valence-corrected chi connectivity index (χ2v) is 6.71. The number of nitrogens with zero attached hydrogens (tertiary/aromatic N) is 2. The molecule has 130 valence electrons. The number of anilines is 1. The van der Waals surface area contributed by atoms with Crippen LogP contribution < -0.4 is 11.1 Å². The van der Waals surface area contributed by atoms with Crippen molar-refractivity contribution < 1.29 is 14.1 Å². The highest BCUT2D eigenvalue weighted by Gasteiger charge is 2.28. The molecular weight excluding hydrogens is 340 g/mol. The van der Waals surface area contributed by atoms with Crippen molar-refractivity contribution >= 4 is 41.8 Å². The molecule has 0 saturated carbocycles. The minimum absolute atomic E-state index is 0. The number of thioether (sulfide) groups is 1. The predicted molar refractivity (Wildman–Crippen MR) is 92.8 cm³/mol. The number of hydrogen-bond acceptors (Lipinski definition) is 6. The van der Waals surface area contributed by atoms with Crippen LogP contribution in [-0.2, 0) is 9.59 Å². The zero-order chi connectivity index (χ0) is 16.1. The topological polar surface area (TPSA) is 101 Å². The first-order valence-corrected chi connectivity index (χ1v) is 8.41. The van der Waals surface area contributed by atoms with E-state index in [1.165, 1.54) is 11.8 Å². The Hall–Kier alpha value is -1.25. The SMILES string of the molecule is Cc1cc(NC(=O)C(C)SCC(=O)N2CCCC2CN)no1.Cl. The van der Waals surface area contributed by atoms with Gasteiger partial charge >= 0.3 is 0 Å². The lowest BCUT2D eigenvalue weighted by Gasteiger charge is -2.23. The van der Waals surface area contributed by atoms with E-state index in [-0.39, 0.29) is 41.3 Å². The number of halogens is 1. The molecule has 0 radical (unpaired) electrons. The summed E-state index contributed by atoms with van der Waals surface area (Å²) in [5, 5.41) is 6.03. The average Bonchev–Trinajstić information content (AvgIpc) is 3.12. The van der Waals surface area contributed by atoms with Crippen molar-refractivity contribution in [2.24, 2.45) is 5.73 Å². The summed E-state index contributed by atoms with van der Waals surface area (Å²) in [5.74, 6) is 1.16. The van der Waals surface area contributed by atoms with Crippen LogP contribution in [0.1, 0.15) is 25.5 Å². The van der Waals surface area contributed by atoms with Gasteiger partial charge in [-0.1, -0.05) is 5.16 Å². The molecule has 1 fully saturated rings. The predicted octanol–water partition coefficient (Wildman–Crippen LogP) is 1.41. The Morgan fingerprint density at radius 3 is 2.96 bits per heavy atom. The van der Waals surface area contributed by atoms with Crippen molar-refractivity contribution in [3.63, 3.8) is 0 Å². The first kappa shape index (κ1) is 19.8. The molecule has 7 nitrogen and oxygen atoms in total. The highest BCUT2D eigenvalue weighted by atomic mass is 35.5. The number of carbonyl (C=O) groups excluding carboxylic acids is 2. The van der Waals surface area contributed by atoms with Crippen LogP contribution in [0.5, 0.6) is 0 Å². The second kappa shape index (κ2) is 9.14. The van der Waals surface area contributed by atoms with Crippen LogP contribution >= 0.6 is 24.2 Å². The fourth-order valence-electron chi connectivity index (χ4n) is 2.42. The summed E-state index contributed by atoms with van der Waals surface area (Å²) >= 11 is 1.32. The first-order chi connectivity index (χ1) is 10.5. The van der Waals surface area contributed by atoms with Crippen LogP contribution in [0.4, 0.5) is 5.82 Å². The van der Waals surface area contributed by atoms with E-state index in [2.05, 4.69) is 10.5 Å². The molecule has 0 bridgehead atoms. The van der Waals surface area contributed by atoms with E-state index in [1.807, 2.05) is 4.90 Å². The number of aryl methyl sites for hydroxylation is 1. The number of hydrogen-bond donors (Lipinski definition) is 2. The molecule has 2 heterocycles. The van der Waals surface area contributed by atoms with Crippen molar-refractivity contribution in [2.75, 3.05) is 24.2 Å². The molecule has 0 aromatic carbocycles. The first-order valence-electron chi connectivity index (χ1n) is 7.36. The highest BCUT2D eigenvalue weighted by Crippen LogP contribution is 2.20. The highest BCUT2D eigenvalue weighted by molar-refractivity contribution is 8.01. The average molecular weight is 363 g/mol. The third-order valence-electron chi connectivity index (χ3n) is 3.67. The molecule has 23 heavy (non-hydrogen) atoms. The molecular formula is C14H23ClN4O3S. The van der Waals surface area contributed by atoms with Crippen LogP contribution in [0, 0.1) is 6.92 Å². The molecule has 1 aliphatic rings. The van der Waals surface area contributed by atoms with E-state index in [0.29, 0.717) is 18.1 Å². The Morgan fingerprint density at radius 1 is 1.61 bits per heavy atom. The molecule has 1 saturated heterocycles. The van der Waals surface area contributed by atoms with E-state index in [1.54, 1.807) is 19.9 Å². The van der Waals surface area contributed by atoms with Gasteiger partial charge < -0.3 is 20.5 Å². The Kier molecular flexibility index (Phi) is 7.87. The van der Waals surface area contributed by atoms with Gasteiger partial charge in [-0.2, -0.15) is 0 Å². The van der Waals surface area contributed by atoms with Crippen LogP contribution in [0.2, 0.25) is 0 Å². The van der Waals surface area contributed by atoms with Crippen molar-refractivity contribution in [1.29, 1.82) is 0 Å². The molecule has 1 aliphatic heterocycles. The van der Waals surface area contributed by atoms with Crippen LogP contribution in [0.3, 0.4) is 0 Å². The standard InChI is InChI=1S/C14H22N4O3S.ClH/c1-9-6-12(17-21-9)16-14(20)10(2)22-8-13(19)18-5-3-4-11(18)7-15;/h6,10-11H,3-5,7-8,15H2,1-2H3,(H,16,17,20);1H. The van der Waals surface area contributed by atoms with E-state index < -0.39 is 0 Å². The number of aromatic nitrogens is 1. The van der Waals surface area contributed by atoms with Crippen molar-refractivity contribution in [3.8, 4) is 0 Å². The van der Waals surface area contributed by atoms with Gasteiger partial charge in [0.05, 0.1) is 11.0 Å². The summed E-state index contributed by atoms with van der Waals surface area (Å²) in [6, 6.07) is 1.80. The molecule has 2 unspecified atom stereocenters. The van der Waals surface area contributed by atoms with Crippen molar-refractivity contribution in [2.45, 2.75) is 38.0 Å². The lowest BCUT2D eigenvalue weighted by Crippen LogP contribution is -2.41. The number of rotatable bonds is 6. The quantitative estimate of drug-likeness (QED) is 0.793. The Labute approximate surface area is 146 Å². The van der Waals surface area contributed by atoms with Crippen molar-refractivity contribution in [3.05, 3.63) is 11.8 Å². The van der Waals surface area contributed by atoms with Crippen LogP contribution in [0.25, 0.3) is 0 Å². The second-order valence-electron chi connectivity index (χ2n) is 5.38. The van der Waals surface area contributed by atoms with Gasteiger partial charge in [0, 0.05) is 25.2 Å². The van der Waals surface area contributed by atoms with Gasteiger partial charge in [0.25, 0.3) is 0 Å². The van der Waals surface area contributed by atoms with E-state index in [0.717, 1.165) is 19.4 Å². The zero-order valence-electron chi connectivity index (χ0n) is 13.3. The summed E-state index contributed by atoms with van der Waals surface area (Å²) in [6.07, 6.45) is 1.97. The molecule has 2 atom stereocenters. The minimum atomic E-state index is -0.347. The third kappa shape index (κ3) is 5.40. The van der Waals surface area contributed by atoms with E-state index >= 15 is 0 Å². The van der Waals surface area contributed by atoms with Gasteiger partial charge in [0.1, 0.15) is 5.76 Å². The normalized spacial score (nSPS) is 18.4. The molecule has 2 amide bonds. The van der Waals surface area contributed by atoms with Gasteiger partial charge in [-0.15, -0.1) is 24.2 Å². The van der Waals surface area contributed by atoms with Gasteiger partial charge in [0.15, 0.2) is 5.82 Å². The molecule has 3 N–H and O–H groups in total. The summed E-state index contributed by atoms with van der Waals surface area (Å²) in [7, 11) is 0. The van der Waals surface area contributed by atoms with Gasteiger partial charge in [0.2, 0.25) is 11.8 Å².